The maximum atomic E-state index is 10.7. The van der Waals surface area contributed by atoms with Crippen molar-refractivity contribution in [3.05, 3.63) is 23.7 Å². The average Bonchev–Trinajstić information content (AvgIpc) is 2.96. The number of hydrogen-bond acceptors (Lipinski definition) is 4. The van der Waals surface area contributed by atoms with E-state index < -0.39 is 5.97 Å². The van der Waals surface area contributed by atoms with Crippen LogP contribution >= 0.6 is 0 Å². The fourth-order valence-corrected chi connectivity index (χ4v) is 1.96. The van der Waals surface area contributed by atoms with Crippen LogP contribution in [0.15, 0.2) is 16.5 Å². The molecule has 0 spiro atoms. The van der Waals surface area contributed by atoms with Crippen molar-refractivity contribution >= 4 is 5.97 Å². The molecule has 1 aliphatic carbocycles. The molecule has 1 saturated carbocycles. The van der Waals surface area contributed by atoms with Gasteiger partial charge in [0.05, 0.1) is 12.1 Å². The summed E-state index contributed by atoms with van der Waals surface area (Å²) in [4.78, 5) is 16.2. The number of carboxylic acids is 1. The molecule has 0 amide bonds. The van der Waals surface area contributed by atoms with Crippen LogP contribution in [0.4, 0.5) is 0 Å². The van der Waals surface area contributed by atoms with E-state index in [4.69, 9.17) is 14.4 Å². The highest BCUT2D eigenvalue weighted by atomic mass is 16.7. The standard InChI is InChI=1S/C12H17NO4/c1-8(13-17-9-4-2-3-5-9)10-6-7-11(16-10)12(14)15/h6-9,13H,2-5H2,1H3,(H,14,15). The first-order valence-corrected chi connectivity index (χ1v) is 5.91. The smallest absolute Gasteiger partial charge is 0.371 e. The van der Waals surface area contributed by atoms with Crippen LogP contribution in [0.25, 0.3) is 0 Å². The minimum Gasteiger partial charge on any atom is -0.475 e. The van der Waals surface area contributed by atoms with Gasteiger partial charge in [0.1, 0.15) is 5.76 Å². The lowest BCUT2D eigenvalue weighted by Crippen LogP contribution is -2.24. The van der Waals surface area contributed by atoms with E-state index >= 15 is 0 Å². The summed E-state index contributed by atoms with van der Waals surface area (Å²) in [6.45, 7) is 1.87. The summed E-state index contributed by atoms with van der Waals surface area (Å²) in [5.74, 6) is -0.532. The van der Waals surface area contributed by atoms with Gasteiger partial charge < -0.3 is 9.52 Å². The van der Waals surface area contributed by atoms with Crippen LogP contribution in [-0.2, 0) is 4.84 Å². The fourth-order valence-electron chi connectivity index (χ4n) is 1.96. The van der Waals surface area contributed by atoms with Crippen LogP contribution in [0, 0.1) is 0 Å². The second-order valence-electron chi connectivity index (χ2n) is 4.37. The minimum absolute atomic E-state index is 0.0467. The van der Waals surface area contributed by atoms with Crippen LogP contribution < -0.4 is 5.48 Å². The zero-order valence-electron chi connectivity index (χ0n) is 9.81. The molecule has 94 valence electrons. The summed E-state index contributed by atoms with van der Waals surface area (Å²) in [5.41, 5.74) is 2.91. The second-order valence-corrected chi connectivity index (χ2v) is 4.37. The molecule has 0 aromatic carbocycles. The summed E-state index contributed by atoms with van der Waals surface area (Å²) in [7, 11) is 0. The van der Waals surface area contributed by atoms with Gasteiger partial charge in [0, 0.05) is 0 Å². The van der Waals surface area contributed by atoms with Gasteiger partial charge in [-0.05, 0) is 31.9 Å². The average molecular weight is 239 g/mol. The van der Waals surface area contributed by atoms with E-state index in [0.29, 0.717) is 5.76 Å². The predicted octanol–water partition coefficient (Wildman–Crippen LogP) is 2.50. The molecule has 1 aromatic heterocycles. The zero-order valence-corrected chi connectivity index (χ0v) is 9.81. The number of hydroxylamine groups is 1. The Morgan fingerprint density at radius 3 is 2.82 bits per heavy atom. The van der Waals surface area contributed by atoms with Crippen molar-refractivity contribution in [3.8, 4) is 0 Å². The van der Waals surface area contributed by atoms with Crippen molar-refractivity contribution in [1.29, 1.82) is 0 Å². The molecule has 5 nitrogen and oxygen atoms in total. The highest BCUT2D eigenvalue weighted by molar-refractivity contribution is 5.84. The van der Waals surface area contributed by atoms with Crippen molar-refractivity contribution in [2.24, 2.45) is 0 Å². The molecule has 2 rings (SSSR count). The van der Waals surface area contributed by atoms with E-state index in [1.807, 2.05) is 6.92 Å². The molecule has 1 heterocycles. The molecule has 1 aliphatic rings. The highest BCUT2D eigenvalue weighted by Gasteiger charge is 2.19. The van der Waals surface area contributed by atoms with Crippen molar-refractivity contribution in [2.45, 2.75) is 44.8 Å². The third-order valence-corrected chi connectivity index (χ3v) is 2.98. The maximum absolute atomic E-state index is 10.7. The van der Waals surface area contributed by atoms with Gasteiger partial charge in [-0.3, -0.25) is 4.84 Å². The molecular weight excluding hydrogens is 222 g/mol. The van der Waals surface area contributed by atoms with Gasteiger partial charge in [-0.15, -0.1) is 0 Å². The number of rotatable bonds is 5. The van der Waals surface area contributed by atoms with Gasteiger partial charge in [0.25, 0.3) is 0 Å². The molecule has 2 N–H and O–H groups in total. The van der Waals surface area contributed by atoms with Crippen LogP contribution in [0.1, 0.15) is 55.0 Å². The van der Waals surface area contributed by atoms with Crippen LogP contribution in [0.5, 0.6) is 0 Å². The molecule has 0 radical (unpaired) electrons. The number of hydrogen-bond donors (Lipinski definition) is 2. The van der Waals surface area contributed by atoms with Crippen LogP contribution in [0.2, 0.25) is 0 Å². The highest BCUT2D eigenvalue weighted by Crippen LogP contribution is 2.22. The number of carbonyl (C=O) groups is 1. The quantitative estimate of drug-likeness (QED) is 0.772. The Kier molecular flexibility index (Phi) is 3.81. The summed E-state index contributed by atoms with van der Waals surface area (Å²) in [6, 6.07) is 2.95. The Morgan fingerprint density at radius 2 is 2.24 bits per heavy atom. The molecule has 1 atom stereocenters. The summed E-state index contributed by atoms with van der Waals surface area (Å²) >= 11 is 0. The summed E-state index contributed by atoms with van der Waals surface area (Å²) < 4.78 is 5.18. The van der Waals surface area contributed by atoms with Crippen LogP contribution in [0.3, 0.4) is 0 Å². The molecule has 5 heteroatoms. The van der Waals surface area contributed by atoms with Crippen LogP contribution in [-0.4, -0.2) is 17.2 Å². The minimum atomic E-state index is -1.06. The number of carboxylic acid groups (broad SMARTS) is 1. The summed E-state index contributed by atoms with van der Waals surface area (Å²) in [5, 5.41) is 8.74. The van der Waals surface area contributed by atoms with Gasteiger partial charge in [0.15, 0.2) is 0 Å². The molecule has 17 heavy (non-hydrogen) atoms. The molecule has 1 unspecified atom stereocenters. The largest absolute Gasteiger partial charge is 0.475 e. The topological polar surface area (TPSA) is 71.7 Å². The number of nitrogens with one attached hydrogen (secondary N) is 1. The van der Waals surface area contributed by atoms with Crippen molar-refractivity contribution in [1.82, 2.24) is 5.48 Å². The first-order valence-electron chi connectivity index (χ1n) is 5.91. The summed E-state index contributed by atoms with van der Waals surface area (Å²) in [6.07, 6.45) is 4.86. The third kappa shape index (κ3) is 3.08. The van der Waals surface area contributed by atoms with Crippen molar-refractivity contribution in [3.63, 3.8) is 0 Å². The molecule has 0 aliphatic heterocycles. The predicted molar refractivity (Wildman–Crippen MR) is 60.6 cm³/mol. The van der Waals surface area contributed by atoms with E-state index in [1.54, 1.807) is 6.07 Å². The third-order valence-electron chi connectivity index (χ3n) is 2.98. The Hall–Kier alpha value is -1.33. The monoisotopic (exact) mass is 239 g/mol. The first kappa shape index (κ1) is 12.1. The van der Waals surface area contributed by atoms with Gasteiger partial charge in [-0.1, -0.05) is 12.8 Å². The Balaban J connectivity index is 1.85. The SMILES string of the molecule is CC(NOC1CCCC1)c1ccc(C(=O)O)o1. The zero-order chi connectivity index (χ0) is 12.3. The Labute approximate surface area is 99.7 Å². The van der Waals surface area contributed by atoms with E-state index in [2.05, 4.69) is 5.48 Å². The second kappa shape index (κ2) is 5.33. The number of aromatic carboxylic acids is 1. The normalized spacial score (nSPS) is 18.4. The van der Waals surface area contributed by atoms with Crippen molar-refractivity contribution < 1.29 is 19.2 Å². The maximum Gasteiger partial charge on any atom is 0.371 e. The van der Waals surface area contributed by atoms with E-state index in [-0.39, 0.29) is 17.9 Å². The molecule has 1 aromatic rings. The van der Waals surface area contributed by atoms with Gasteiger partial charge in [0.2, 0.25) is 5.76 Å². The lowest BCUT2D eigenvalue weighted by molar-refractivity contribution is -0.0410. The fraction of sp³-hybridized carbons (Fsp3) is 0.583. The van der Waals surface area contributed by atoms with Gasteiger partial charge >= 0.3 is 5.97 Å². The Bertz CT molecular complexity index is 382. The van der Waals surface area contributed by atoms with Gasteiger partial charge in [-0.2, -0.15) is 5.48 Å². The molecule has 0 bridgehead atoms. The van der Waals surface area contributed by atoms with E-state index in [0.717, 1.165) is 12.8 Å². The molecular formula is C12H17NO4. The Morgan fingerprint density at radius 1 is 1.53 bits per heavy atom. The lowest BCUT2D eigenvalue weighted by Gasteiger charge is -2.15. The molecule has 1 fully saturated rings. The number of furan rings is 1. The first-order chi connectivity index (χ1) is 8.16. The van der Waals surface area contributed by atoms with Gasteiger partial charge in [-0.25, -0.2) is 4.79 Å². The lowest BCUT2D eigenvalue weighted by atomic mass is 10.3. The molecule has 0 saturated heterocycles. The van der Waals surface area contributed by atoms with Crippen molar-refractivity contribution in [2.75, 3.05) is 0 Å². The van der Waals surface area contributed by atoms with E-state index in [9.17, 15) is 4.79 Å². The van der Waals surface area contributed by atoms with E-state index in [1.165, 1.54) is 18.9 Å².